The molecule has 0 saturated heterocycles. The van der Waals surface area contributed by atoms with Crippen molar-refractivity contribution in [3.63, 3.8) is 0 Å². The Balaban J connectivity index is 2.42. The number of nitrogens with zero attached hydrogens (tertiary/aromatic N) is 2. The van der Waals surface area contributed by atoms with Gasteiger partial charge in [-0.2, -0.15) is 5.10 Å². The molecule has 4 heteroatoms. The summed E-state index contributed by atoms with van der Waals surface area (Å²) in [4.78, 5) is 0. The highest BCUT2D eigenvalue weighted by Crippen LogP contribution is 2.17. The van der Waals surface area contributed by atoms with Gasteiger partial charge >= 0.3 is 0 Å². The van der Waals surface area contributed by atoms with Gasteiger partial charge < -0.3 is 5.73 Å². The van der Waals surface area contributed by atoms with Crippen molar-refractivity contribution in [3.05, 3.63) is 45.3 Å². The van der Waals surface area contributed by atoms with Crippen LogP contribution in [0.1, 0.15) is 11.1 Å². The number of rotatable bonds is 3. The summed E-state index contributed by atoms with van der Waals surface area (Å²) in [6, 6.07) is 6.40. The Morgan fingerprint density at radius 1 is 1.44 bits per heavy atom. The largest absolute Gasteiger partial charge is 0.330 e. The molecule has 0 atom stereocenters. The first kappa shape index (κ1) is 11.6. The summed E-state index contributed by atoms with van der Waals surface area (Å²) in [6.45, 7) is 2.77. The Kier molecular flexibility index (Phi) is 3.60. The summed E-state index contributed by atoms with van der Waals surface area (Å²) in [5, 5.41) is 4.33. The zero-order valence-corrected chi connectivity index (χ0v) is 11.3. The lowest BCUT2D eigenvalue weighted by Crippen LogP contribution is -2.04. The van der Waals surface area contributed by atoms with E-state index in [9.17, 15) is 0 Å². The fraction of sp³-hybridized carbons (Fsp3) is 0.250. The molecule has 1 aromatic heterocycles. The zero-order valence-electron chi connectivity index (χ0n) is 9.15. The van der Waals surface area contributed by atoms with E-state index in [4.69, 9.17) is 5.73 Å². The third-order valence-electron chi connectivity index (χ3n) is 2.50. The van der Waals surface area contributed by atoms with Crippen LogP contribution >= 0.6 is 22.6 Å². The second kappa shape index (κ2) is 4.97. The van der Waals surface area contributed by atoms with E-state index in [1.165, 1.54) is 11.1 Å². The Morgan fingerprint density at radius 2 is 2.25 bits per heavy atom. The molecule has 0 bridgehead atoms. The van der Waals surface area contributed by atoms with Crippen LogP contribution in [0, 0.1) is 10.5 Å². The molecule has 0 unspecified atom stereocenters. The van der Waals surface area contributed by atoms with Gasteiger partial charge in [0.05, 0.1) is 15.5 Å². The van der Waals surface area contributed by atoms with Crippen molar-refractivity contribution in [2.24, 2.45) is 5.73 Å². The van der Waals surface area contributed by atoms with Crippen LogP contribution in [0.2, 0.25) is 0 Å². The van der Waals surface area contributed by atoms with Crippen molar-refractivity contribution in [2.75, 3.05) is 6.54 Å². The standard InChI is InChI=1S/C12H14IN3/c1-9-2-3-10(4-5-14)6-12(9)16-8-11(13)7-15-16/h2-3,6-8H,4-5,14H2,1H3. The summed E-state index contributed by atoms with van der Waals surface area (Å²) < 4.78 is 3.05. The van der Waals surface area contributed by atoms with E-state index in [1.54, 1.807) is 0 Å². The molecule has 2 N–H and O–H groups in total. The molecule has 0 aliphatic heterocycles. The van der Waals surface area contributed by atoms with Crippen LogP contribution in [-0.2, 0) is 6.42 Å². The minimum Gasteiger partial charge on any atom is -0.330 e. The quantitative estimate of drug-likeness (QED) is 0.879. The highest BCUT2D eigenvalue weighted by molar-refractivity contribution is 14.1. The number of benzene rings is 1. The first-order valence-electron chi connectivity index (χ1n) is 5.21. The predicted octanol–water partition coefficient (Wildman–Crippen LogP) is 2.29. The first-order valence-corrected chi connectivity index (χ1v) is 6.28. The fourth-order valence-electron chi connectivity index (χ4n) is 1.66. The van der Waals surface area contributed by atoms with E-state index in [1.807, 2.05) is 17.1 Å². The summed E-state index contributed by atoms with van der Waals surface area (Å²) >= 11 is 2.26. The lowest BCUT2D eigenvalue weighted by Gasteiger charge is -2.08. The summed E-state index contributed by atoms with van der Waals surface area (Å²) in [7, 11) is 0. The molecule has 1 aromatic carbocycles. The molecule has 0 aliphatic rings. The van der Waals surface area contributed by atoms with Gasteiger partial charge in [-0.25, -0.2) is 4.68 Å². The molecule has 0 saturated carbocycles. The monoisotopic (exact) mass is 327 g/mol. The molecule has 3 nitrogen and oxygen atoms in total. The highest BCUT2D eigenvalue weighted by atomic mass is 127. The van der Waals surface area contributed by atoms with E-state index in [2.05, 4.69) is 52.8 Å². The second-order valence-electron chi connectivity index (χ2n) is 3.76. The average Bonchev–Trinajstić information content (AvgIpc) is 2.68. The number of aromatic nitrogens is 2. The summed E-state index contributed by atoms with van der Waals surface area (Å²) in [5.41, 5.74) is 9.18. The third kappa shape index (κ3) is 2.44. The van der Waals surface area contributed by atoms with Crippen LogP contribution in [0.4, 0.5) is 0 Å². The van der Waals surface area contributed by atoms with E-state index in [0.29, 0.717) is 6.54 Å². The number of hydrogen-bond acceptors (Lipinski definition) is 2. The zero-order chi connectivity index (χ0) is 11.5. The van der Waals surface area contributed by atoms with Gasteiger partial charge in [-0.1, -0.05) is 12.1 Å². The highest BCUT2D eigenvalue weighted by Gasteiger charge is 2.04. The van der Waals surface area contributed by atoms with Gasteiger partial charge in [-0.15, -0.1) is 0 Å². The molecule has 16 heavy (non-hydrogen) atoms. The van der Waals surface area contributed by atoms with Crippen LogP contribution in [-0.4, -0.2) is 16.3 Å². The maximum absolute atomic E-state index is 5.57. The Bertz CT molecular complexity index is 491. The van der Waals surface area contributed by atoms with Gasteiger partial charge in [0.1, 0.15) is 0 Å². The normalized spacial score (nSPS) is 10.7. The minimum absolute atomic E-state index is 0.680. The lowest BCUT2D eigenvalue weighted by molar-refractivity contribution is 0.865. The van der Waals surface area contributed by atoms with Crippen molar-refractivity contribution < 1.29 is 0 Å². The number of halogens is 1. The van der Waals surface area contributed by atoms with Crippen molar-refractivity contribution in [1.82, 2.24) is 9.78 Å². The molecule has 0 amide bonds. The van der Waals surface area contributed by atoms with Gasteiger partial charge in [0, 0.05) is 6.20 Å². The fourth-order valence-corrected chi connectivity index (χ4v) is 2.04. The van der Waals surface area contributed by atoms with Crippen molar-refractivity contribution in [2.45, 2.75) is 13.3 Å². The van der Waals surface area contributed by atoms with Crippen molar-refractivity contribution in [3.8, 4) is 5.69 Å². The van der Waals surface area contributed by atoms with E-state index in [0.717, 1.165) is 15.7 Å². The topological polar surface area (TPSA) is 43.8 Å². The minimum atomic E-state index is 0.680. The van der Waals surface area contributed by atoms with Gasteiger partial charge in [0.25, 0.3) is 0 Å². The van der Waals surface area contributed by atoms with E-state index < -0.39 is 0 Å². The molecule has 2 rings (SSSR count). The van der Waals surface area contributed by atoms with Gasteiger partial charge in [-0.3, -0.25) is 0 Å². The van der Waals surface area contributed by atoms with Crippen LogP contribution in [0.15, 0.2) is 30.6 Å². The van der Waals surface area contributed by atoms with Crippen molar-refractivity contribution >= 4 is 22.6 Å². The maximum Gasteiger partial charge on any atom is 0.0677 e. The Labute approximate surface area is 109 Å². The number of nitrogens with two attached hydrogens (primary N) is 1. The predicted molar refractivity (Wildman–Crippen MR) is 73.8 cm³/mol. The number of aryl methyl sites for hydroxylation is 1. The Hall–Kier alpha value is -0.880. The smallest absolute Gasteiger partial charge is 0.0677 e. The van der Waals surface area contributed by atoms with Gasteiger partial charge in [0.2, 0.25) is 0 Å². The van der Waals surface area contributed by atoms with Crippen LogP contribution in [0.3, 0.4) is 0 Å². The summed E-state index contributed by atoms with van der Waals surface area (Å²) in [5.74, 6) is 0. The molecule has 0 spiro atoms. The van der Waals surface area contributed by atoms with Gasteiger partial charge in [0.15, 0.2) is 0 Å². The van der Waals surface area contributed by atoms with Crippen LogP contribution in [0.5, 0.6) is 0 Å². The molecule has 0 radical (unpaired) electrons. The van der Waals surface area contributed by atoms with Gasteiger partial charge in [-0.05, 0) is 59.7 Å². The molecular weight excluding hydrogens is 313 g/mol. The lowest BCUT2D eigenvalue weighted by atomic mass is 10.1. The Morgan fingerprint density at radius 3 is 2.88 bits per heavy atom. The number of hydrogen-bond donors (Lipinski definition) is 1. The molecule has 1 heterocycles. The first-order chi connectivity index (χ1) is 7.70. The molecule has 84 valence electrons. The van der Waals surface area contributed by atoms with Crippen molar-refractivity contribution in [1.29, 1.82) is 0 Å². The molecule has 0 aliphatic carbocycles. The maximum atomic E-state index is 5.57. The second-order valence-corrected chi connectivity index (χ2v) is 5.01. The van der Waals surface area contributed by atoms with Crippen LogP contribution in [0.25, 0.3) is 5.69 Å². The SMILES string of the molecule is Cc1ccc(CCN)cc1-n1cc(I)cn1. The summed E-state index contributed by atoms with van der Waals surface area (Å²) in [6.07, 6.45) is 4.79. The molecule has 2 aromatic rings. The van der Waals surface area contributed by atoms with Crippen LogP contribution < -0.4 is 5.73 Å². The third-order valence-corrected chi connectivity index (χ3v) is 3.06. The average molecular weight is 327 g/mol. The van der Waals surface area contributed by atoms with E-state index in [-0.39, 0.29) is 0 Å². The molecule has 0 fully saturated rings. The molecular formula is C12H14IN3. The van der Waals surface area contributed by atoms with E-state index >= 15 is 0 Å².